The van der Waals surface area contributed by atoms with Gasteiger partial charge in [0.05, 0.1) is 13.0 Å². The fourth-order valence-electron chi connectivity index (χ4n) is 2.22. The minimum Gasteiger partial charge on any atom is -0.481 e. The van der Waals surface area contributed by atoms with E-state index in [2.05, 4.69) is 0 Å². The van der Waals surface area contributed by atoms with Gasteiger partial charge >= 0.3 is 5.97 Å². The van der Waals surface area contributed by atoms with E-state index in [1.165, 1.54) is 0 Å². The largest absolute Gasteiger partial charge is 0.481 e. The van der Waals surface area contributed by atoms with Crippen LogP contribution in [0.15, 0.2) is 24.3 Å². The van der Waals surface area contributed by atoms with Gasteiger partial charge in [-0.25, -0.2) is 0 Å². The van der Waals surface area contributed by atoms with E-state index in [9.17, 15) is 9.90 Å². The molecule has 3 heteroatoms. The van der Waals surface area contributed by atoms with E-state index in [1.807, 2.05) is 52.0 Å². The van der Waals surface area contributed by atoms with Crippen LogP contribution in [0.25, 0.3) is 0 Å². The van der Waals surface area contributed by atoms with Crippen LogP contribution >= 0.6 is 0 Å². The van der Waals surface area contributed by atoms with Gasteiger partial charge in [-0.3, -0.25) is 4.79 Å². The summed E-state index contributed by atoms with van der Waals surface area (Å²) < 4.78 is 0. The predicted octanol–water partition coefficient (Wildman–Crippen LogP) is 2.71. The number of benzene rings is 1. The van der Waals surface area contributed by atoms with Crippen LogP contribution in [0, 0.1) is 0 Å². The second kappa shape index (κ2) is 5.11. The Bertz CT molecular complexity index is 433. The number of aliphatic carboxylic acids is 1. The topological polar surface area (TPSA) is 57.5 Å². The molecule has 0 aliphatic heterocycles. The molecular weight excluding hydrogens is 228 g/mol. The number of hydrogen-bond acceptors (Lipinski definition) is 2. The van der Waals surface area contributed by atoms with Crippen molar-refractivity contribution in [2.75, 3.05) is 6.61 Å². The van der Waals surface area contributed by atoms with E-state index < -0.39 is 11.4 Å². The SMILES string of the molecule is CC(C)(CO)c1ccccc1C(C)(C)CC(=O)O. The van der Waals surface area contributed by atoms with Crippen LogP contribution in [0.5, 0.6) is 0 Å². The first-order chi connectivity index (χ1) is 8.20. The second-order valence-corrected chi connectivity index (χ2v) is 6.04. The standard InChI is InChI=1S/C15H22O3/c1-14(2,9-13(17)18)11-7-5-6-8-12(11)15(3,4)10-16/h5-8,16H,9-10H2,1-4H3,(H,17,18). The number of aliphatic hydroxyl groups is 1. The second-order valence-electron chi connectivity index (χ2n) is 6.04. The number of carbonyl (C=O) groups is 1. The summed E-state index contributed by atoms with van der Waals surface area (Å²) in [6.07, 6.45) is 0.0749. The third-order valence-electron chi connectivity index (χ3n) is 3.37. The van der Waals surface area contributed by atoms with Crippen molar-refractivity contribution in [2.24, 2.45) is 0 Å². The first kappa shape index (κ1) is 14.7. The molecule has 0 unspecified atom stereocenters. The average Bonchev–Trinajstić information content (AvgIpc) is 2.27. The van der Waals surface area contributed by atoms with E-state index in [0.29, 0.717) is 0 Å². The normalized spacial score (nSPS) is 12.5. The highest BCUT2D eigenvalue weighted by atomic mass is 16.4. The summed E-state index contributed by atoms with van der Waals surface area (Å²) in [5, 5.41) is 18.5. The first-order valence-electron chi connectivity index (χ1n) is 6.13. The molecule has 0 bridgehead atoms. The Kier molecular flexibility index (Phi) is 4.17. The van der Waals surface area contributed by atoms with E-state index in [0.717, 1.165) is 11.1 Å². The van der Waals surface area contributed by atoms with Gasteiger partial charge in [-0.2, -0.15) is 0 Å². The van der Waals surface area contributed by atoms with Gasteiger partial charge in [0.2, 0.25) is 0 Å². The van der Waals surface area contributed by atoms with Gasteiger partial charge < -0.3 is 10.2 Å². The summed E-state index contributed by atoms with van der Waals surface area (Å²) in [6.45, 7) is 7.80. The van der Waals surface area contributed by atoms with Gasteiger partial charge in [-0.15, -0.1) is 0 Å². The number of aliphatic hydroxyl groups excluding tert-OH is 1. The van der Waals surface area contributed by atoms with Gasteiger partial charge in [-0.05, 0) is 11.1 Å². The molecule has 2 N–H and O–H groups in total. The van der Waals surface area contributed by atoms with Crippen molar-refractivity contribution in [2.45, 2.75) is 44.9 Å². The van der Waals surface area contributed by atoms with Crippen LogP contribution in [0.1, 0.15) is 45.2 Å². The molecule has 0 heterocycles. The van der Waals surface area contributed by atoms with Crippen molar-refractivity contribution < 1.29 is 15.0 Å². The van der Waals surface area contributed by atoms with E-state index in [1.54, 1.807) is 0 Å². The first-order valence-corrected chi connectivity index (χ1v) is 6.13. The summed E-state index contributed by atoms with van der Waals surface area (Å²) in [4.78, 5) is 11.0. The zero-order valence-corrected chi connectivity index (χ0v) is 11.5. The molecule has 0 saturated carbocycles. The molecule has 0 saturated heterocycles. The third kappa shape index (κ3) is 3.10. The quantitative estimate of drug-likeness (QED) is 0.844. The molecule has 0 fully saturated rings. The molecule has 0 radical (unpaired) electrons. The Hall–Kier alpha value is -1.35. The lowest BCUT2D eigenvalue weighted by Crippen LogP contribution is -2.30. The van der Waals surface area contributed by atoms with Crippen molar-refractivity contribution in [3.63, 3.8) is 0 Å². The van der Waals surface area contributed by atoms with Crippen LogP contribution < -0.4 is 0 Å². The Balaban J connectivity index is 3.29. The highest BCUT2D eigenvalue weighted by Gasteiger charge is 2.31. The average molecular weight is 250 g/mol. The van der Waals surface area contributed by atoms with Gasteiger partial charge in [0.1, 0.15) is 0 Å². The van der Waals surface area contributed by atoms with Crippen LogP contribution in [0.3, 0.4) is 0 Å². The van der Waals surface area contributed by atoms with E-state index in [4.69, 9.17) is 5.11 Å². The minimum atomic E-state index is -0.809. The molecule has 0 aromatic heterocycles. The highest BCUT2D eigenvalue weighted by Crippen LogP contribution is 2.35. The molecule has 100 valence electrons. The van der Waals surface area contributed by atoms with Crippen molar-refractivity contribution >= 4 is 5.97 Å². The van der Waals surface area contributed by atoms with Crippen LogP contribution in [-0.4, -0.2) is 22.8 Å². The maximum absolute atomic E-state index is 11.0. The minimum absolute atomic E-state index is 0.0349. The molecule has 0 aliphatic rings. The van der Waals surface area contributed by atoms with Crippen molar-refractivity contribution in [3.05, 3.63) is 35.4 Å². The smallest absolute Gasteiger partial charge is 0.304 e. The molecule has 3 nitrogen and oxygen atoms in total. The Morgan fingerprint density at radius 2 is 1.50 bits per heavy atom. The fourth-order valence-corrected chi connectivity index (χ4v) is 2.22. The predicted molar refractivity (Wildman–Crippen MR) is 71.8 cm³/mol. The number of rotatable bonds is 5. The Labute approximate surface area is 108 Å². The van der Waals surface area contributed by atoms with Gasteiger partial charge in [0.15, 0.2) is 0 Å². The van der Waals surface area contributed by atoms with E-state index >= 15 is 0 Å². The molecule has 18 heavy (non-hydrogen) atoms. The maximum atomic E-state index is 11.0. The molecular formula is C15H22O3. The molecule has 1 rings (SSSR count). The van der Waals surface area contributed by atoms with Crippen LogP contribution in [0.4, 0.5) is 0 Å². The Morgan fingerprint density at radius 3 is 1.89 bits per heavy atom. The summed E-state index contributed by atoms with van der Waals surface area (Å²) >= 11 is 0. The lowest BCUT2D eigenvalue weighted by Gasteiger charge is -2.32. The number of carboxylic acids is 1. The van der Waals surface area contributed by atoms with Gasteiger partial charge in [0.25, 0.3) is 0 Å². The summed E-state index contributed by atoms with van der Waals surface area (Å²) in [5.74, 6) is -0.809. The summed E-state index contributed by atoms with van der Waals surface area (Å²) in [6, 6.07) is 7.76. The summed E-state index contributed by atoms with van der Waals surface area (Å²) in [5.41, 5.74) is 1.19. The molecule has 0 atom stereocenters. The van der Waals surface area contributed by atoms with Gasteiger partial charge in [0, 0.05) is 10.8 Å². The number of carboxylic acid groups (broad SMARTS) is 1. The lowest BCUT2D eigenvalue weighted by atomic mass is 9.72. The number of hydrogen-bond donors (Lipinski definition) is 2. The van der Waals surface area contributed by atoms with Gasteiger partial charge in [-0.1, -0.05) is 52.0 Å². The zero-order valence-electron chi connectivity index (χ0n) is 11.5. The van der Waals surface area contributed by atoms with Crippen molar-refractivity contribution in [3.8, 4) is 0 Å². The summed E-state index contributed by atoms with van der Waals surface area (Å²) in [7, 11) is 0. The molecule has 0 spiro atoms. The molecule has 1 aromatic carbocycles. The molecule has 0 amide bonds. The molecule has 1 aromatic rings. The highest BCUT2D eigenvalue weighted by molar-refractivity contribution is 5.69. The van der Waals surface area contributed by atoms with Crippen molar-refractivity contribution in [1.82, 2.24) is 0 Å². The monoisotopic (exact) mass is 250 g/mol. The van der Waals surface area contributed by atoms with Crippen LogP contribution in [0.2, 0.25) is 0 Å². The Morgan fingerprint density at radius 1 is 1.06 bits per heavy atom. The fraction of sp³-hybridized carbons (Fsp3) is 0.533. The zero-order chi connectivity index (χ0) is 14.0. The van der Waals surface area contributed by atoms with E-state index in [-0.39, 0.29) is 18.4 Å². The maximum Gasteiger partial charge on any atom is 0.304 e. The molecule has 0 aliphatic carbocycles. The van der Waals surface area contributed by atoms with Crippen LogP contribution in [-0.2, 0) is 15.6 Å². The van der Waals surface area contributed by atoms with Crippen molar-refractivity contribution in [1.29, 1.82) is 0 Å². The lowest BCUT2D eigenvalue weighted by molar-refractivity contribution is -0.138. The third-order valence-corrected chi connectivity index (χ3v) is 3.37.